The fraction of sp³-hybridized carbons (Fsp3) is 0.316. The van der Waals surface area contributed by atoms with Gasteiger partial charge in [0.2, 0.25) is 5.91 Å². The smallest absolute Gasteiger partial charge is 0.264 e. The molecule has 0 bridgehead atoms. The molecule has 0 heterocycles. The van der Waals surface area contributed by atoms with Crippen LogP contribution in [0.15, 0.2) is 41.3 Å². The van der Waals surface area contributed by atoms with Crippen molar-refractivity contribution in [3.63, 3.8) is 0 Å². The Morgan fingerprint density at radius 2 is 1.50 bits per heavy atom. The summed E-state index contributed by atoms with van der Waals surface area (Å²) in [5.41, 5.74) is 2.58. The average molecular weight is 376 g/mol. The van der Waals surface area contributed by atoms with Crippen molar-refractivity contribution in [3.8, 4) is 5.75 Å². The molecule has 140 valence electrons. The number of anilines is 2. The first-order chi connectivity index (χ1) is 12.1. The minimum absolute atomic E-state index is 0.0944. The van der Waals surface area contributed by atoms with Crippen LogP contribution < -0.4 is 13.9 Å². The highest BCUT2D eigenvalue weighted by Crippen LogP contribution is 2.30. The Kier molecular flexibility index (Phi) is 5.61. The summed E-state index contributed by atoms with van der Waals surface area (Å²) in [6, 6.07) is 10.1. The molecule has 2 aromatic carbocycles. The van der Waals surface area contributed by atoms with Gasteiger partial charge in [-0.15, -0.1) is 0 Å². The van der Waals surface area contributed by atoms with Crippen LogP contribution in [0.1, 0.15) is 18.1 Å². The summed E-state index contributed by atoms with van der Waals surface area (Å²) in [5, 5.41) is 0. The third kappa shape index (κ3) is 3.67. The summed E-state index contributed by atoms with van der Waals surface area (Å²) in [5.74, 6) is 0.559. The lowest BCUT2D eigenvalue weighted by Crippen LogP contribution is -2.27. The van der Waals surface area contributed by atoms with Gasteiger partial charge < -0.3 is 9.64 Å². The zero-order valence-corrected chi connectivity index (χ0v) is 16.7. The van der Waals surface area contributed by atoms with Crippen LogP contribution in [-0.2, 0) is 14.8 Å². The summed E-state index contributed by atoms with van der Waals surface area (Å²) in [4.78, 5) is 13.2. The second-order valence-electron chi connectivity index (χ2n) is 6.15. The van der Waals surface area contributed by atoms with Crippen LogP contribution in [0.4, 0.5) is 11.4 Å². The van der Waals surface area contributed by atoms with Crippen LogP contribution in [0.5, 0.6) is 5.75 Å². The zero-order valence-electron chi connectivity index (χ0n) is 15.9. The lowest BCUT2D eigenvalue weighted by molar-refractivity contribution is -0.116. The SMILES string of the molecule is COc1cc(C)c(S(=O)(=O)N(C)c2ccc(N(C)C(C)=O)cc2)cc1C. The van der Waals surface area contributed by atoms with Crippen molar-refractivity contribution >= 4 is 27.3 Å². The molecule has 0 radical (unpaired) electrons. The Bertz CT molecular complexity index is 921. The lowest BCUT2D eigenvalue weighted by Gasteiger charge is -2.22. The van der Waals surface area contributed by atoms with Crippen LogP contribution >= 0.6 is 0 Å². The molecule has 0 saturated heterocycles. The van der Waals surface area contributed by atoms with Gasteiger partial charge in [-0.2, -0.15) is 0 Å². The van der Waals surface area contributed by atoms with Crippen molar-refractivity contribution in [1.29, 1.82) is 0 Å². The maximum Gasteiger partial charge on any atom is 0.264 e. The number of amides is 1. The van der Waals surface area contributed by atoms with E-state index in [4.69, 9.17) is 4.74 Å². The number of hydrogen-bond donors (Lipinski definition) is 0. The summed E-state index contributed by atoms with van der Waals surface area (Å²) in [7, 11) is 1.01. The normalized spacial score (nSPS) is 11.2. The fourth-order valence-corrected chi connectivity index (χ4v) is 4.10. The van der Waals surface area contributed by atoms with Crippen molar-refractivity contribution in [2.75, 3.05) is 30.4 Å². The number of methoxy groups -OCH3 is 1. The highest BCUT2D eigenvalue weighted by Gasteiger charge is 2.24. The number of carbonyl (C=O) groups is 1. The third-order valence-corrected chi connectivity index (χ3v) is 6.33. The molecular weight excluding hydrogens is 352 g/mol. The first-order valence-electron chi connectivity index (χ1n) is 8.08. The van der Waals surface area contributed by atoms with Crippen molar-refractivity contribution in [3.05, 3.63) is 47.5 Å². The van der Waals surface area contributed by atoms with Crippen LogP contribution in [0.25, 0.3) is 0 Å². The molecule has 0 aromatic heterocycles. The first-order valence-corrected chi connectivity index (χ1v) is 9.52. The van der Waals surface area contributed by atoms with Gasteiger partial charge in [0.05, 0.1) is 17.7 Å². The zero-order chi connectivity index (χ0) is 19.6. The van der Waals surface area contributed by atoms with Crippen LogP contribution in [0.3, 0.4) is 0 Å². The molecular formula is C19H24N2O4S. The van der Waals surface area contributed by atoms with E-state index in [9.17, 15) is 13.2 Å². The standard InChI is InChI=1S/C19H24N2O4S/c1-13-12-19(14(2)11-18(13)25-6)26(23,24)21(5)17-9-7-16(8-10-17)20(4)15(3)22/h7-12H,1-6H3. The number of ether oxygens (including phenoxy) is 1. The summed E-state index contributed by atoms with van der Waals surface area (Å²) in [6.45, 7) is 5.02. The number of carbonyl (C=O) groups excluding carboxylic acids is 1. The van der Waals surface area contributed by atoms with E-state index in [2.05, 4.69) is 0 Å². The Balaban J connectivity index is 2.41. The van der Waals surface area contributed by atoms with Crippen molar-refractivity contribution in [2.45, 2.75) is 25.7 Å². The first kappa shape index (κ1) is 19.8. The van der Waals surface area contributed by atoms with Crippen molar-refractivity contribution in [2.24, 2.45) is 0 Å². The molecule has 2 aromatic rings. The summed E-state index contributed by atoms with van der Waals surface area (Å²) < 4.78 is 32.6. The van der Waals surface area contributed by atoms with Crippen molar-refractivity contribution in [1.82, 2.24) is 0 Å². The molecule has 0 atom stereocenters. The van der Waals surface area contributed by atoms with E-state index in [1.165, 1.54) is 23.2 Å². The Morgan fingerprint density at radius 1 is 0.962 bits per heavy atom. The molecule has 26 heavy (non-hydrogen) atoms. The maximum atomic E-state index is 13.1. The van der Waals surface area contributed by atoms with Crippen LogP contribution in [-0.4, -0.2) is 35.5 Å². The molecule has 0 spiro atoms. The van der Waals surface area contributed by atoms with Gasteiger partial charge in [0.15, 0.2) is 0 Å². The average Bonchev–Trinajstić information content (AvgIpc) is 2.61. The summed E-state index contributed by atoms with van der Waals surface area (Å²) in [6.07, 6.45) is 0. The number of benzene rings is 2. The molecule has 6 nitrogen and oxygen atoms in total. The van der Waals surface area contributed by atoms with E-state index < -0.39 is 10.0 Å². The second kappa shape index (κ2) is 7.37. The number of nitrogens with zero attached hydrogens (tertiary/aromatic N) is 2. The van der Waals surface area contributed by atoms with E-state index in [1.54, 1.807) is 57.5 Å². The molecule has 7 heteroatoms. The number of aryl methyl sites for hydroxylation is 2. The third-order valence-electron chi connectivity index (χ3n) is 4.40. The van der Waals surface area contributed by atoms with E-state index in [0.29, 0.717) is 22.7 Å². The Hall–Kier alpha value is -2.54. The molecule has 0 saturated carbocycles. The Morgan fingerprint density at radius 3 is 2.00 bits per heavy atom. The van der Waals surface area contributed by atoms with Gasteiger partial charge in [-0.3, -0.25) is 9.10 Å². The topological polar surface area (TPSA) is 66.9 Å². The molecule has 0 unspecified atom stereocenters. The predicted octanol–water partition coefficient (Wildman–Crippen LogP) is 3.12. The van der Waals surface area contributed by atoms with Gasteiger partial charge in [-0.1, -0.05) is 0 Å². The van der Waals surface area contributed by atoms with Gasteiger partial charge in [-0.25, -0.2) is 8.42 Å². The molecule has 0 aliphatic carbocycles. The van der Waals surface area contributed by atoms with E-state index in [-0.39, 0.29) is 10.8 Å². The van der Waals surface area contributed by atoms with Crippen LogP contribution in [0.2, 0.25) is 0 Å². The highest BCUT2D eigenvalue weighted by molar-refractivity contribution is 7.92. The Labute approximate surface area is 155 Å². The van der Waals surface area contributed by atoms with Crippen molar-refractivity contribution < 1.29 is 17.9 Å². The predicted molar refractivity (Wildman–Crippen MR) is 104 cm³/mol. The van der Waals surface area contributed by atoms with E-state index in [1.807, 2.05) is 6.92 Å². The lowest BCUT2D eigenvalue weighted by atomic mass is 10.1. The molecule has 0 N–H and O–H groups in total. The number of rotatable bonds is 5. The molecule has 0 aliphatic rings. The van der Waals surface area contributed by atoms with Gasteiger partial charge in [0, 0.05) is 26.7 Å². The minimum atomic E-state index is -3.72. The molecule has 0 fully saturated rings. The second-order valence-corrected chi connectivity index (χ2v) is 8.09. The largest absolute Gasteiger partial charge is 0.496 e. The quantitative estimate of drug-likeness (QED) is 0.804. The molecule has 1 amide bonds. The number of hydrogen-bond acceptors (Lipinski definition) is 4. The molecule has 0 aliphatic heterocycles. The van der Waals surface area contributed by atoms with E-state index >= 15 is 0 Å². The van der Waals surface area contributed by atoms with Crippen LogP contribution in [0, 0.1) is 13.8 Å². The minimum Gasteiger partial charge on any atom is -0.496 e. The van der Waals surface area contributed by atoms with Gasteiger partial charge in [-0.05, 0) is 61.4 Å². The highest BCUT2D eigenvalue weighted by atomic mass is 32.2. The number of sulfonamides is 1. The monoisotopic (exact) mass is 376 g/mol. The summed E-state index contributed by atoms with van der Waals surface area (Å²) >= 11 is 0. The fourth-order valence-electron chi connectivity index (χ4n) is 2.62. The maximum absolute atomic E-state index is 13.1. The van der Waals surface area contributed by atoms with Gasteiger partial charge >= 0.3 is 0 Å². The van der Waals surface area contributed by atoms with E-state index in [0.717, 1.165) is 5.56 Å². The van der Waals surface area contributed by atoms with Gasteiger partial charge in [0.1, 0.15) is 5.75 Å². The van der Waals surface area contributed by atoms with Gasteiger partial charge in [0.25, 0.3) is 10.0 Å². The molecule has 2 rings (SSSR count).